The van der Waals surface area contributed by atoms with Crippen molar-refractivity contribution in [1.29, 1.82) is 0 Å². The summed E-state index contributed by atoms with van der Waals surface area (Å²) in [6.07, 6.45) is 8.55. The molecule has 0 bridgehead atoms. The zero-order valence-electron chi connectivity index (χ0n) is 11.8. The smallest absolute Gasteiger partial charge is 0.155 e. The minimum atomic E-state index is 0.342. The summed E-state index contributed by atoms with van der Waals surface area (Å²) in [6.45, 7) is 2.15. The van der Waals surface area contributed by atoms with Crippen LogP contribution >= 0.6 is 0 Å². The van der Waals surface area contributed by atoms with Crippen LogP contribution in [0.25, 0.3) is 5.82 Å². The van der Waals surface area contributed by atoms with Gasteiger partial charge in [0, 0.05) is 12.5 Å². The van der Waals surface area contributed by atoms with E-state index in [1.165, 1.54) is 6.33 Å². The average Bonchev–Trinajstić information content (AvgIpc) is 3.19. The maximum absolute atomic E-state index is 5.34. The summed E-state index contributed by atoms with van der Waals surface area (Å²) in [7, 11) is 0. The van der Waals surface area contributed by atoms with Gasteiger partial charge in [0.25, 0.3) is 0 Å². The van der Waals surface area contributed by atoms with Gasteiger partial charge in [-0.05, 0) is 37.6 Å². The molecule has 3 heterocycles. The van der Waals surface area contributed by atoms with E-state index in [2.05, 4.69) is 27.3 Å². The van der Waals surface area contributed by atoms with E-state index in [1.807, 2.05) is 24.3 Å². The number of hydrogen-bond acceptors (Lipinski definition) is 5. The third-order valence-electron chi connectivity index (χ3n) is 3.22. The van der Waals surface area contributed by atoms with Crippen molar-refractivity contribution >= 4 is 5.69 Å². The predicted octanol–water partition coefficient (Wildman–Crippen LogP) is 2.69. The summed E-state index contributed by atoms with van der Waals surface area (Å²) in [5.74, 6) is 1.77. The summed E-state index contributed by atoms with van der Waals surface area (Å²) in [6, 6.07) is 8.17. The van der Waals surface area contributed by atoms with Crippen LogP contribution < -0.4 is 5.32 Å². The first-order chi connectivity index (χ1) is 10.3. The standard InChI is InChI=1S/C15H17N5O/c1-12(4-6-14-3-2-8-21-14)19-13-5-7-15(17-9-13)20-11-16-10-18-20/h2-3,5,7-12,19H,4,6H2,1H3. The SMILES string of the molecule is CC(CCc1ccco1)Nc1ccc(-n2cncn2)nc1. The lowest BCUT2D eigenvalue weighted by Gasteiger charge is -2.14. The van der Waals surface area contributed by atoms with Crippen LogP contribution in [-0.4, -0.2) is 25.8 Å². The van der Waals surface area contributed by atoms with Gasteiger partial charge < -0.3 is 9.73 Å². The number of nitrogens with one attached hydrogen (secondary N) is 1. The Morgan fingerprint density at radius 1 is 1.33 bits per heavy atom. The summed E-state index contributed by atoms with van der Waals surface area (Å²) in [5.41, 5.74) is 0.991. The molecule has 3 rings (SSSR count). The Hall–Kier alpha value is -2.63. The maximum atomic E-state index is 5.34. The van der Waals surface area contributed by atoms with Gasteiger partial charge in [-0.15, -0.1) is 0 Å². The van der Waals surface area contributed by atoms with Crippen LogP contribution in [0.4, 0.5) is 5.69 Å². The van der Waals surface area contributed by atoms with Crippen molar-refractivity contribution in [2.24, 2.45) is 0 Å². The van der Waals surface area contributed by atoms with Crippen molar-refractivity contribution in [2.45, 2.75) is 25.8 Å². The van der Waals surface area contributed by atoms with Gasteiger partial charge in [-0.1, -0.05) is 0 Å². The molecule has 0 fully saturated rings. The van der Waals surface area contributed by atoms with Gasteiger partial charge >= 0.3 is 0 Å². The summed E-state index contributed by atoms with van der Waals surface area (Å²) < 4.78 is 6.96. The van der Waals surface area contributed by atoms with Gasteiger partial charge in [0.05, 0.1) is 18.1 Å². The molecule has 0 amide bonds. The summed E-state index contributed by atoms with van der Waals surface area (Å²) in [5, 5.41) is 7.47. The van der Waals surface area contributed by atoms with E-state index in [0.717, 1.165) is 30.1 Å². The van der Waals surface area contributed by atoms with E-state index >= 15 is 0 Å². The molecule has 0 aliphatic rings. The van der Waals surface area contributed by atoms with Gasteiger partial charge in [-0.3, -0.25) is 0 Å². The number of aromatic nitrogens is 4. The molecule has 0 spiro atoms. The van der Waals surface area contributed by atoms with Gasteiger partial charge in [-0.25, -0.2) is 14.6 Å². The Morgan fingerprint density at radius 2 is 2.29 bits per heavy atom. The van der Waals surface area contributed by atoms with Crippen molar-refractivity contribution in [3.8, 4) is 5.82 Å². The molecular formula is C15H17N5O. The van der Waals surface area contributed by atoms with Gasteiger partial charge in [0.15, 0.2) is 5.82 Å². The molecule has 0 aromatic carbocycles. The number of hydrogen-bond donors (Lipinski definition) is 1. The van der Waals surface area contributed by atoms with E-state index in [1.54, 1.807) is 23.5 Å². The second kappa shape index (κ2) is 6.21. The second-order valence-corrected chi connectivity index (χ2v) is 4.91. The van der Waals surface area contributed by atoms with Crippen LogP contribution in [0.3, 0.4) is 0 Å². The Balaban J connectivity index is 1.55. The molecule has 3 aromatic heterocycles. The first-order valence-electron chi connectivity index (χ1n) is 6.91. The van der Waals surface area contributed by atoms with Crippen LogP contribution in [0.15, 0.2) is 53.8 Å². The van der Waals surface area contributed by atoms with Crippen LogP contribution in [0, 0.1) is 0 Å². The molecule has 3 aromatic rings. The highest BCUT2D eigenvalue weighted by molar-refractivity contribution is 5.44. The van der Waals surface area contributed by atoms with Gasteiger partial charge in [0.2, 0.25) is 0 Å². The van der Waals surface area contributed by atoms with E-state index in [0.29, 0.717) is 6.04 Å². The number of anilines is 1. The zero-order chi connectivity index (χ0) is 14.5. The molecule has 6 nitrogen and oxygen atoms in total. The molecule has 0 aliphatic carbocycles. The van der Waals surface area contributed by atoms with Crippen molar-refractivity contribution in [2.75, 3.05) is 5.32 Å². The molecule has 1 N–H and O–H groups in total. The monoisotopic (exact) mass is 283 g/mol. The fourth-order valence-electron chi connectivity index (χ4n) is 2.10. The Bertz CT molecular complexity index is 646. The highest BCUT2D eigenvalue weighted by atomic mass is 16.3. The lowest BCUT2D eigenvalue weighted by atomic mass is 10.1. The quantitative estimate of drug-likeness (QED) is 0.753. The van der Waals surface area contributed by atoms with Crippen molar-refractivity contribution < 1.29 is 4.42 Å². The number of pyridine rings is 1. The van der Waals surface area contributed by atoms with Crippen LogP contribution in [0.1, 0.15) is 19.1 Å². The fraction of sp³-hybridized carbons (Fsp3) is 0.267. The molecule has 0 radical (unpaired) electrons. The zero-order valence-corrected chi connectivity index (χ0v) is 11.8. The summed E-state index contributed by atoms with van der Waals surface area (Å²) in [4.78, 5) is 8.27. The molecule has 0 saturated carbocycles. The van der Waals surface area contributed by atoms with Gasteiger partial charge in [-0.2, -0.15) is 5.10 Å². The predicted molar refractivity (Wildman–Crippen MR) is 79.3 cm³/mol. The number of nitrogens with zero attached hydrogens (tertiary/aromatic N) is 4. The summed E-state index contributed by atoms with van der Waals surface area (Å²) >= 11 is 0. The lowest BCUT2D eigenvalue weighted by molar-refractivity contribution is 0.495. The van der Waals surface area contributed by atoms with Crippen LogP contribution in [0.5, 0.6) is 0 Å². The van der Waals surface area contributed by atoms with Crippen molar-refractivity contribution in [1.82, 2.24) is 19.7 Å². The molecule has 0 aliphatic heterocycles. The number of aryl methyl sites for hydroxylation is 1. The third kappa shape index (κ3) is 3.47. The van der Waals surface area contributed by atoms with Crippen LogP contribution in [-0.2, 0) is 6.42 Å². The average molecular weight is 283 g/mol. The number of furan rings is 1. The van der Waals surface area contributed by atoms with E-state index in [9.17, 15) is 0 Å². The Morgan fingerprint density at radius 3 is 2.95 bits per heavy atom. The molecule has 1 atom stereocenters. The molecular weight excluding hydrogens is 266 g/mol. The first-order valence-corrected chi connectivity index (χ1v) is 6.91. The molecule has 1 unspecified atom stereocenters. The highest BCUT2D eigenvalue weighted by Gasteiger charge is 2.05. The van der Waals surface area contributed by atoms with E-state index < -0.39 is 0 Å². The van der Waals surface area contributed by atoms with Crippen molar-refractivity contribution in [3.05, 3.63) is 55.1 Å². The lowest BCUT2D eigenvalue weighted by Crippen LogP contribution is -2.16. The Labute approximate surface area is 122 Å². The highest BCUT2D eigenvalue weighted by Crippen LogP contribution is 2.13. The van der Waals surface area contributed by atoms with E-state index in [-0.39, 0.29) is 0 Å². The normalized spacial score (nSPS) is 12.2. The van der Waals surface area contributed by atoms with Gasteiger partial charge in [0.1, 0.15) is 18.4 Å². The molecule has 6 heteroatoms. The van der Waals surface area contributed by atoms with Crippen molar-refractivity contribution in [3.63, 3.8) is 0 Å². The molecule has 108 valence electrons. The Kier molecular flexibility index (Phi) is 3.95. The first kappa shape index (κ1) is 13.4. The fourth-order valence-corrected chi connectivity index (χ4v) is 2.10. The number of rotatable bonds is 6. The minimum absolute atomic E-state index is 0.342. The topological polar surface area (TPSA) is 68.8 Å². The largest absolute Gasteiger partial charge is 0.469 e. The van der Waals surface area contributed by atoms with E-state index in [4.69, 9.17) is 4.42 Å². The van der Waals surface area contributed by atoms with Crippen LogP contribution in [0.2, 0.25) is 0 Å². The molecule has 21 heavy (non-hydrogen) atoms. The molecule has 0 saturated heterocycles. The minimum Gasteiger partial charge on any atom is -0.469 e. The maximum Gasteiger partial charge on any atom is 0.155 e. The third-order valence-corrected chi connectivity index (χ3v) is 3.22. The second-order valence-electron chi connectivity index (χ2n) is 4.91.